The zero-order valence-electron chi connectivity index (χ0n) is 9.33. The molecule has 86 valence electrons. The molecule has 0 aromatic rings. The normalized spacial score (nSPS) is 38.1. The van der Waals surface area contributed by atoms with Crippen molar-refractivity contribution in [3.63, 3.8) is 0 Å². The van der Waals surface area contributed by atoms with Gasteiger partial charge in [0.25, 0.3) is 0 Å². The second kappa shape index (κ2) is 4.10. The summed E-state index contributed by atoms with van der Waals surface area (Å²) < 4.78 is 0. The molecule has 2 fully saturated rings. The number of nitrogens with one attached hydrogen (secondary N) is 1. The summed E-state index contributed by atoms with van der Waals surface area (Å²) in [6, 6.07) is 0. The van der Waals surface area contributed by atoms with Gasteiger partial charge in [0.05, 0.1) is 0 Å². The van der Waals surface area contributed by atoms with Crippen molar-refractivity contribution >= 4 is 5.97 Å². The lowest BCUT2D eigenvalue weighted by Crippen LogP contribution is -2.57. The van der Waals surface area contributed by atoms with Crippen LogP contribution in [0, 0.1) is 5.92 Å². The Labute approximate surface area is 90.6 Å². The molecule has 2 heterocycles. The first kappa shape index (κ1) is 10.9. The molecule has 2 saturated heterocycles. The van der Waals surface area contributed by atoms with Crippen molar-refractivity contribution in [2.45, 2.75) is 31.2 Å². The second-order valence-electron chi connectivity index (χ2n) is 4.91. The molecule has 4 heteroatoms. The molecular weight excluding hydrogens is 192 g/mol. The smallest absolute Gasteiger partial charge is 0.324 e. The number of likely N-dealkylation sites (tertiary alicyclic amines) is 1. The predicted octanol–water partition coefficient (Wildman–Crippen LogP) is 0.535. The average molecular weight is 212 g/mol. The number of nitrogens with zero attached hydrogens (tertiary/aromatic N) is 1. The lowest BCUT2D eigenvalue weighted by atomic mass is 9.78. The largest absolute Gasteiger partial charge is 0.480 e. The van der Waals surface area contributed by atoms with E-state index < -0.39 is 11.5 Å². The molecule has 2 N–H and O–H groups in total. The van der Waals surface area contributed by atoms with Crippen LogP contribution in [0.4, 0.5) is 0 Å². The fourth-order valence-electron chi connectivity index (χ4n) is 3.04. The van der Waals surface area contributed by atoms with Crippen molar-refractivity contribution in [2.75, 3.05) is 26.7 Å². The molecule has 2 aliphatic heterocycles. The zero-order chi connectivity index (χ0) is 10.9. The monoisotopic (exact) mass is 212 g/mol. The highest BCUT2D eigenvalue weighted by Gasteiger charge is 2.48. The van der Waals surface area contributed by atoms with E-state index in [2.05, 4.69) is 17.3 Å². The Morgan fingerprint density at radius 3 is 2.87 bits per heavy atom. The minimum atomic E-state index is -0.653. The maximum absolute atomic E-state index is 11.4. The second-order valence-corrected chi connectivity index (χ2v) is 4.91. The highest BCUT2D eigenvalue weighted by atomic mass is 16.4. The number of piperidine rings is 1. The number of hydrogen-bond donors (Lipinski definition) is 2. The van der Waals surface area contributed by atoms with Crippen LogP contribution in [-0.4, -0.2) is 48.2 Å². The number of rotatable bonds is 2. The van der Waals surface area contributed by atoms with Crippen LogP contribution < -0.4 is 5.32 Å². The number of carboxylic acids is 1. The number of carbonyl (C=O) groups is 1. The van der Waals surface area contributed by atoms with Gasteiger partial charge in [0, 0.05) is 12.5 Å². The van der Waals surface area contributed by atoms with Gasteiger partial charge in [-0.05, 0) is 45.8 Å². The molecule has 0 aromatic carbocycles. The summed E-state index contributed by atoms with van der Waals surface area (Å²) in [4.78, 5) is 13.7. The van der Waals surface area contributed by atoms with Crippen LogP contribution in [0.25, 0.3) is 0 Å². The van der Waals surface area contributed by atoms with E-state index in [1.54, 1.807) is 0 Å². The van der Waals surface area contributed by atoms with Crippen LogP contribution >= 0.6 is 0 Å². The summed E-state index contributed by atoms with van der Waals surface area (Å²) in [5.41, 5.74) is -0.630. The minimum absolute atomic E-state index is 0.274. The molecular formula is C11H20N2O2. The molecule has 2 rings (SSSR count). The van der Waals surface area contributed by atoms with Gasteiger partial charge in [-0.15, -0.1) is 0 Å². The van der Waals surface area contributed by atoms with E-state index in [-0.39, 0.29) is 5.92 Å². The van der Waals surface area contributed by atoms with Crippen LogP contribution in [0.5, 0.6) is 0 Å². The van der Waals surface area contributed by atoms with E-state index in [1.165, 1.54) is 0 Å². The quantitative estimate of drug-likeness (QED) is 0.701. The minimum Gasteiger partial charge on any atom is -0.480 e. The third-order valence-corrected chi connectivity index (χ3v) is 3.89. The van der Waals surface area contributed by atoms with E-state index in [1.807, 2.05) is 0 Å². The summed E-state index contributed by atoms with van der Waals surface area (Å²) in [5, 5.41) is 12.7. The van der Waals surface area contributed by atoms with E-state index in [0.29, 0.717) is 0 Å². The van der Waals surface area contributed by atoms with Gasteiger partial charge in [-0.3, -0.25) is 4.79 Å². The van der Waals surface area contributed by atoms with Crippen molar-refractivity contribution in [3.8, 4) is 0 Å². The summed E-state index contributed by atoms with van der Waals surface area (Å²) in [6.45, 7) is 2.87. The Kier molecular flexibility index (Phi) is 2.98. The molecule has 0 spiro atoms. The van der Waals surface area contributed by atoms with Crippen LogP contribution in [0.2, 0.25) is 0 Å². The maximum Gasteiger partial charge on any atom is 0.324 e. The van der Waals surface area contributed by atoms with Crippen molar-refractivity contribution in [2.24, 2.45) is 5.92 Å². The van der Waals surface area contributed by atoms with Gasteiger partial charge in [0.1, 0.15) is 5.54 Å². The molecule has 0 aliphatic carbocycles. The molecule has 2 aliphatic rings. The van der Waals surface area contributed by atoms with Gasteiger partial charge in [0.15, 0.2) is 0 Å². The summed E-state index contributed by atoms with van der Waals surface area (Å²) >= 11 is 0. The third-order valence-electron chi connectivity index (χ3n) is 3.89. The lowest BCUT2D eigenvalue weighted by Gasteiger charge is -2.39. The Morgan fingerprint density at radius 2 is 2.33 bits per heavy atom. The van der Waals surface area contributed by atoms with Gasteiger partial charge in [0.2, 0.25) is 0 Å². The molecule has 0 radical (unpaired) electrons. The van der Waals surface area contributed by atoms with Crippen LogP contribution in [-0.2, 0) is 4.79 Å². The van der Waals surface area contributed by atoms with Crippen LogP contribution in [0.1, 0.15) is 25.7 Å². The lowest BCUT2D eigenvalue weighted by molar-refractivity contribution is -0.147. The third kappa shape index (κ3) is 1.88. The number of aliphatic carboxylic acids is 1. The highest BCUT2D eigenvalue weighted by molar-refractivity contribution is 5.79. The SMILES string of the molecule is CN1CCCC(C2(C(=O)O)CCCN2)C1. The van der Waals surface area contributed by atoms with Crippen molar-refractivity contribution < 1.29 is 9.90 Å². The zero-order valence-corrected chi connectivity index (χ0v) is 9.33. The molecule has 0 aromatic heterocycles. The van der Waals surface area contributed by atoms with Gasteiger partial charge in [-0.1, -0.05) is 0 Å². The van der Waals surface area contributed by atoms with E-state index in [0.717, 1.165) is 45.3 Å². The first-order valence-corrected chi connectivity index (χ1v) is 5.82. The Morgan fingerprint density at radius 1 is 1.53 bits per heavy atom. The average Bonchev–Trinajstić information content (AvgIpc) is 2.67. The first-order valence-electron chi connectivity index (χ1n) is 5.82. The molecule has 2 atom stereocenters. The van der Waals surface area contributed by atoms with Crippen LogP contribution in [0.15, 0.2) is 0 Å². The van der Waals surface area contributed by atoms with E-state index >= 15 is 0 Å². The van der Waals surface area contributed by atoms with Crippen molar-refractivity contribution in [1.29, 1.82) is 0 Å². The summed E-state index contributed by atoms with van der Waals surface area (Å²) in [7, 11) is 2.08. The van der Waals surface area contributed by atoms with E-state index in [9.17, 15) is 9.90 Å². The fraction of sp³-hybridized carbons (Fsp3) is 0.909. The summed E-state index contributed by atoms with van der Waals surface area (Å²) in [5.74, 6) is -0.378. The van der Waals surface area contributed by atoms with Gasteiger partial charge in [-0.25, -0.2) is 0 Å². The standard InChI is InChI=1S/C11H20N2O2/c1-13-7-2-4-9(8-13)11(10(14)15)5-3-6-12-11/h9,12H,2-8H2,1H3,(H,14,15). The van der Waals surface area contributed by atoms with Gasteiger partial charge < -0.3 is 15.3 Å². The highest BCUT2D eigenvalue weighted by Crippen LogP contribution is 2.33. The van der Waals surface area contributed by atoms with Crippen molar-refractivity contribution in [3.05, 3.63) is 0 Å². The van der Waals surface area contributed by atoms with Gasteiger partial charge >= 0.3 is 5.97 Å². The fourth-order valence-corrected chi connectivity index (χ4v) is 3.04. The summed E-state index contributed by atoms with van der Waals surface area (Å²) in [6.07, 6.45) is 3.95. The topological polar surface area (TPSA) is 52.6 Å². The van der Waals surface area contributed by atoms with Crippen LogP contribution in [0.3, 0.4) is 0 Å². The molecule has 0 bridgehead atoms. The number of hydrogen-bond acceptors (Lipinski definition) is 3. The molecule has 4 nitrogen and oxygen atoms in total. The maximum atomic E-state index is 11.4. The molecule has 0 saturated carbocycles. The van der Waals surface area contributed by atoms with E-state index in [4.69, 9.17) is 0 Å². The van der Waals surface area contributed by atoms with Crippen molar-refractivity contribution in [1.82, 2.24) is 10.2 Å². The Hall–Kier alpha value is -0.610. The number of carboxylic acid groups (broad SMARTS) is 1. The first-order chi connectivity index (χ1) is 7.15. The molecule has 2 unspecified atom stereocenters. The molecule has 0 amide bonds. The Balaban J connectivity index is 2.13. The van der Waals surface area contributed by atoms with Gasteiger partial charge in [-0.2, -0.15) is 0 Å². The molecule has 15 heavy (non-hydrogen) atoms. The predicted molar refractivity (Wildman–Crippen MR) is 57.8 cm³/mol. The Bertz CT molecular complexity index is 249.